The molecule has 0 radical (unpaired) electrons. The van der Waals surface area contributed by atoms with Crippen molar-refractivity contribution in [1.29, 1.82) is 0 Å². The lowest BCUT2D eigenvalue weighted by Gasteiger charge is -2.24. The molecule has 0 bridgehead atoms. The van der Waals surface area contributed by atoms with Gasteiger partial charge in [0.05, 0.1) is 6.10 Å². The summed E-state index contributed by atoms with van der Waals surface area (Å²) < 4.78 is 5.98. The molecular formula is C17H26N2O. The van der Waals surface area contributed by atoms with Crippen molar-refractivity contribution in [2.45, 2.75) is 57.1 Å². The second kappa shape index (κ2) is 6.98. The Labute approximate surface area is 122 Å². The van der Waals surface area contributed by atoms with Crippen LogP contribution in [0.1, 0.15) is 44.9 Å². The Morgan fingerprint density at radius 2 is 1.75 bits per heavy atom. The first-order valence-corrected chi connectivity index (χ1v) is 8.14. The summed E-state index contributed by atoms with van der Waals surface area (Å²) in [6.07, 6.45) is 9.48. The van der Waals surface area contributed by atoms with Crippen LogP contribution in [0.15, 0.2) is 24.3 Å². The number of hydrogen-bond acceptors (Lipinski definition) is 3. The first-order valence-electron chi connectivity index (χ1n) is 8.14. The minimum Gasteiger partial charge on any atom is -0.490 e. The summed E-state index contributed by atoms with van der Waals surface area (Å²) in [4.78, 5) is 0. The first kappa shape index (κ1) is 13.7. The molecule has 110 valence electrons. The summed E-state index contributed by atoms with van der Waals surface area (Å²) in [5, 5.41) is 7.08. The summed E-state index contributed by atoms with van der Waals surface area (Å²) in [6, 6.07) is 9.07. The van der Waals surface area contributed by atoms with E-state index in [0.717, 1.165) is 12.3 Å². The van der Waals surface area contributed by atoms with Gasteiger partial charge in [-0.1, -0.05) is 6.42 Å². The van der Waals surface area contributed by atoms with Gasteiger partial charge in [0.25, 0.3) is 0 Å². The van der Waals surface area contributed by atoms with Crippen LogP contribution in [0.25, 0.3) is 0 Å². The molecule has 0 spiro atoms. The third-order valence-corrected chi connectivity index (χ3v) is 4.42. The molecule has 1 atom stereocenters. The molecule has 3 rings (SSSR count). The lowest BCUT2D eigenvalue weighted by atomic mass is 10.1. The van der Waals surface area contributed by atoms with Crippen LogP contribution in [0.3, 0.4) is 0 Å². The van der Waals surface area contributed by atoms with Crippen molar-refractivity contribution in [2.75, 3.05) is 18.4 Å². The van der Waals surface area contributed by atoms with Gasteiger partial charge in [-0.25, -0.2) is 0 Å². The molecule has 0 aromatic heterocycles. The second-order valence-corrected chi connectivity index (χ2v) is 6.08. The van der Waals surface area contributed by atoms with E-state index < -0.39 is 0 Å². The van der Waals surface area contributed by atoms with E-state index in [-0.39, 0.29) is 0 Å². The van der Waals surface area contributed by atoms with Crippen LogP contribution in [0.4, 0.5) is 5.69 Å². The standard InChI is InChI=1S/C17H26N2O/c1-2-7-16(6-1)20-17-10-8-14(9-11-17)19-13-15-5-3-4-12-18-15/h8-11,15-16,18-19H,1-7,12-13H2. The van der Waals surface area contributed by atoms with E-state index in [1.54, 1.807) is 0 Å². The molecular weight excluding hydrogens is 248 g/mol. The van der Waals surface area contributed by atoms with Gasteiger partial charge in [-0.15, -0.1) is 0 Å². The molecule has 1 aliphatic carbocycles. The number of nitrogens with one attached hydrogen (secondary N) is 2. The largest absolute Gasteiger partial charge is 0.490 e. The number of benzene rings is 1. The van der Waals surface area contributed by atoms with Crippen molar-refractivity contribution in [3.8, 4) is 5.75 Å². The summed E-state index contributed by atoms with van der Waals surface area (Å²) in [5.74, 6) is 1.01. The topological polar surface area (TPSA) is 33.3 Å². The Kier molecular flexibility index (Phi) is 4.80. The van der Waals surface area contributed by atoms with Crippen molar-refractivity contribution in [3.63, 3.8) is 0 Å². The van der Waals surface area contributed by atoms with Gasteiger partial charge in [-0.3, -0.25) is 0 Å². The predicted octanol–water partition coefficient (Wildman–Crippen LogP) is 3.56. The van der Waals surface area contributed by atoms with E-state index in [1.807, 2.05) is 0 Å². The fourth-order valence-corrected chi connectivity index (χ4v) is 3.19. The molecule has 2 N–H and O–H groups in total. The predicted molar refractivity (Wildman–Crippen MR) is 83.5 cm³/mol. The fourth-order valence-electron chi connectivity index (χ4n) is 3.19. The highest BCUT2D eigenvalue weighted by Gasteiger charge is 2.16. The van der Waals surface area contributed by atoms with Crippen LogP contribution in [0.2, 0.25) is 0 Å². The van der Waals surface area contributed by atoms with E-state index in [0.29, 0.717) is 12.1 Å². The Morgan fingerprint density at radius 1 is 1.00 bits per heavy atom. The van der Waals surface area contributed by atoms with Crippen LogP contribution < -0.4 is 15.4 Å². The molecule has 2 fully saturated rings. The van der Waals surface area contributed by atoms with Crippen molar-refractivity contribution in [1.82, 2.24) is 5.32 Å². The zero-order valence-corrected chi connectivity index (χ0v) is 12.2. The number of anilines is 1. The minimum absolute atomic E-state index is 0.445. The highest BCUT2D eigenvalue weighted by Crippen LogP contribution is 2.25. The van der Waals surface area contributed by atoms with E-state index in [4.69, 9.17) is 4.74 Å². The zero-order valence-electron chi connectivity index (χ0n) is 12.2. The summed E-state index contributed by atoms with van der Waals surface area (Å²) in [6.45, 7) is 2.18. The van der Waals surface area contributed by atoms with Crippen LogP contribution in [0, 0.1) is 0 Å². The maximum absolute atomic E-state index is 5.98. The number of hydrogen-bond donors (Lipinski definition) is 2. The van der Waals surface area contributed by atoms with Crippen LogP contribution in [-0.2, 0) is 0 Å². The molecule has 1 saturated carbocycles. The smallest absolute Gasteiger partial charge is 0.119 e. The van der Waals surface area contributed by atoms with Crippen molar-refractivity contribution in [2.24, 2.45) is 0 Å². The molecule has 1 unspecified atom stereocenters. The summed E-state index contributed by atoms with van der Waals surface area (Å²) in [5.41, 5.74) is 1.19. The maximum Gasteiger partial charge on any atom is 0.119 e. The third kappa shape index (κ3) is 3.89. The number of ether oxygens (including phenoxy) is 1. The Balaban J connectivity index is 1.45. The highest BCUT2D eigenvalue weighted by molar-refractivity contribution is 5.46. The Morgan fingerprint density at radius 3 is 2.45 bits per heavy atom. The molecule has 3 heteroatoms. The summed E-state index contributed by atoms with van der Waals surface area (Å²) in [7, 11) is 0. The number of rotatable bonds is 5. The van der Waals surface area contributed by atoms with Crippen molar-refractivity contribution in [3.05, 3.63) is 24.3 Å². The monoisotopic (exact) mass is 274 g/mol. The molecule has 20 heavy (non-hydrogen) atoms. The maximum atomic E-state index is 5.98. The van der Waals surface area contributed by atoms with Gasteiger partial charge in [0.1, 0.15) is 5.75 Å². The van der Waals surface area contributed by atoms with Crippen LogP contribution in [-0.4, -0.2) is 25.2 Å². The van der Waals surface area contributed by atoms with Gasteiger partial charge < -0.3 is 15.4 Å². The molecule has 1 aliphatic heterocycles. The molecule has 1 heterocycles. The fraction of sp³-hybridized carbons (Fsp3) is 0.647. The first-order chi connectivity index (χ1) is 9.90. The van der Waals surface area contributed by atoms with Gasteiger partial charge in [-0.2, -0.15) is 0 Å². The SMILES string of the molecule is c1cc(OC2CCCC2)ccc1NCC1CCCCN1. The van der Waals surface area contributed by atoms with Crippen LogP contribution in [0.5, 0.6) is 5.75 Å². The van der Waals surface area contributed by atoms with Crippen molar-refractivity contribution >= 4 is 5.69 Å². The van der Waals surface area contributed by atoms with Crippen LogP contribution >= 0.6 is 0 Å². The average Bonchev–Trinajstić information content (AvgIpc) is 3.01. The van der Waals surface area contributed by atoms with E-state index in [1.165, 1.54) is 57.2 Å². The number of piperidine rings is 1. The minimum atomic E-state index is 0.445. The lowest BCUT2D eigenvalue weighted by Crippen LogP contribution is -2.39. The van der Waals surface area contributed by atoms with E-state index >= 15 is 0 Å². The van der Waals surface area contributed by atoms with Gasteiger partial charge in [-0.05, 0) is 69.3 Å². The normalized spacial score (nSPS) is 23.7. The quantitative estimate of drug-likeness (QED) is 0.861. The highest BCUT2D eigenvalue weighted by atomic mass is 16.5. The molecule has 2 aliphatic rings. The Hall–Kier alpha value is -1.22. The zero-order chi connectivity index (χ0) is 13.6. The molecule has 1 aromatic rings. The third-order valence-electron chi connectivity index (χ3n) is 4.42. The molecule has 0 amide bonds. The van der Waals surface area contributed by atoms with Gasteiger partial charge >= 0.3 is 0 Å². The lowest BCUT2D eigenvalue weighted by molar-refractivity contribution is 0.210. The van der Waals surface area contributed by atoms with Gasteiger partial charge in [0.2, 0.25) is 0 Å². The Bertz CT molecular complexity index is 392. The average molecular weight is 274 g/mol. The van der Waals surface area contributed by atoms with Gasteiger partial charge in [0.15, 0.2) is 0 Å². The second-order valence-electron chi connectivity index (χ2n) is 6.08. The molecule has 3 nitrogen and oxygen atoms in total. The molecule has 1 aromatic carbocycles. The van der Waals surface area contributed by atoms with E-state index in [2.05, 4.69) is 34.9 Å². The van der Waals surface area contributed by atoms with Gasteiger partial charge in [0, 0.05) is 18.3 Å². The van der Waals surface area contributed by atoms with Crippen molar-refractivity contribution < 1.29 is 4.74 Å². The summed E-state index contributed by atoms with van der Waals surface area (Å²) >= 11 is 0. The van der Waals surface area contributed by atoms with E-state index in [9.17, 15) is 0 Å². The molecule has 1 saturated heterocycles.